The Balaban J connectivity index is 1.85. The maximum absolute atomic E-state index is 11.8. The molecule has 1 unspecified atom stereocenters. The van der Waals surface area contributed by atoms with Gasteiger partial charge in [-0.15, -0.1) is 0 Å². The lowest BCUT2D eigenvalue weighted by molar-refractivity contribution is -0.124. The quantitative estimate of drug-likeness (QED) is 0.882. The fourth-order valence-electron chi connectivity index (χ4n) is 2.16. The summed E-state index contributed by atoms with van der Waals surface area (Å²) in [6.07, 6.45) is 0.444. The van der Waals surface area contributed by atoms with Gasteiger partial charge in [0.2, 0.25) is 0 Å². The molecule has 1 aromatic rings. The minimum absolute atomic E-state index is 0.00990. The molecule has 1 saturated heterocycles. The highest BCUT2D eigenvalue weighted by Gasteiger charge is 2.39. The molecule has 110 valence electrons. The molecule has 1 aromatic carbocycles. The minimum atomic E-state index is -3.03. The number of hydrogen-bond acceptors (Lipinski definition) is 4. The van der Waals surface area contributed by atoms with Crippen molar-refractivity contribution in [1.82, 2.24) is 5.32 Å². The van der Waals surface area contributed by atoms with Crippen molar-refractivity contribution in [1.29, 1.82) is 0 Å². The van der Waals surface area contributed by atoms with Gasteiger partial charge in [0.05, 0.1) is 17.0 Å². The zero-order valence-corrected chi connectivity index (χ0v) is 13.5. The first-order valence-electron chi connectivity index (χ1n) is 6.18. The van der Waals surface area contributed by atoms with Crippen LogP contribution in [0.4, 0.5) is 0 Å². The molecule has 0 saturated carbocycles. The Morgan fingerprint density at radius 1 is 1.40 bits per heavy atom. The topological polar surface area (TPSA) is 72.5 Å². The van der Waals surface area contributed by atoms with E-state index in [1.165, 1.54) is 0 Å². The second-order valence-electron chi connectivity index (χ2n) is 5.19. The standard InChI is InChI=1S/C13H16BrNO4S/c1-13(6-7-20(17,18)9-13)15-12(16)8-19-11-4-2-10(14)3-5-11/h2-5H,6-9H2,1H3,(H,15,16). The number of hydrogen-bond donors (Lipinski definition) is 1. The fraction of sp³-hybridized carbons (Fsp3) is 0.462. The first kappa shape index (κ1) is 15.3. The van der Waals surface area contributed by atoms with Crippen molar-refractivity contribution in [3.63, 3.8) is 0 Å². The van der Waals surface area contributed by atoms with Gasteiger partial charge in [0.15, 0.2) is 16.4 Å². The molecular weight excluding hydrogens is 346 g/mol. The molecule has 1 atom stereocenters. The third-order valence-electron chi connectivity index (χ3n) is 3.13. The summed E-state index contributed by atoms with van der Waals surface area (Å²) in [7, 11) is -3.03. The molecule has 2 rings (SSSR count). The van der Waals surface area contributed by atoms with Gasteiger partial charge < -0.3 is 10.1 Å². The van der Waals surface area contributed by atoms with Gasteiger partial charge in [-0.1, -0.05) is 15.9 Å². The highest BCUT2D eigenvalue weighted by molar-refractivity contribution is 9.10. The molecule has 0 spiro atoms. The normalized spacial score (nSPS) is 24.3. The molecule has 1 aliphatic rings. The molecule has 5 nitrogen and oxygen atoms in total. The monoisotopic (exact) mass is 361 g/mol. The van der Waals surface area contributed by atoms with Gasteiger partial charge in [0, 0.05) is 4.47 Å². The molecule has 0 radical (unpaired) electrons. The van der Waals surface area contributed by atoms with Crippen LogP contribution >= 0.6 is 15.9 Å². The average molecular weight is 362 g/mol. The van der Waals surface area contributed by atoms with E-state index >= 15 is 0 Å². The van der Waals surface area contributed by atoms with Gasteiger partial charge >= 0.3 is 0 Å². The van der Waals surface area contributed by atoms with Crippen LogP contribution in [0.15, 0.2) is 28.7 Å². The highest BCUT2D eigenvalue weighted by atomic mass is 79.9. The van der Waals surface area contributed by atoms with E-state index in [0.717, 1.165) is 4.47 Å². The van der Waals surface area contributed by atoms with Crippen molar-refractivity contribution >= 4 is 31.7 Å². The van der Waals surface area contributed by atoms with E-state index in [0.29, 0.717) is 12.2 Å². The van der Waals surface area contributed by atoms with Gasteiger partial charge in [0.1, 0.15) is 5.75 Å². The molecule has 1 heterocycles. The third-order valence-corrected chi connectivity index (χ3v) is 5.56. The van der Waals surface area contributed by atoms with Crippen LogP contribution in [0.3, 0.4) is 0 Å². The molecular formula is C13H16BrNO4S. The molecule has 7 heteroatoms. The molecule has 1 N–H and O–H groups in total. The Bertz CT molecular complexity index is 599. The summed E-state index contributed by atoms with van der Waals surface area (Å²) in [4.78, 5) is 11.8. The summed E-state index contributed by atoms with van der Waals surface area (Å²) in [6, 6.07) is 7.13. The van der Waals surface area contributed by atoms with E-state index in [1.54, 1.807) is 19.1 Å². The van der Waals surface area contributed by atoms with E-state index in [1.807, 2.05) is 12.1 Å². The van der Waals surface area contributed by atoms with E-state index in [-0.39, 0.29) is 24.0 Å². The van der Waals surface area contributed by atoms with Crippen LogP contribution in [-0.2, 0) is 14.6 Å². The average Bonchev–Trinajstić information content (AvgIpc) is 2.62. The van der Waals surface area contributed by atoms with Crippen LogP contribution in [0.1, 0.15) is 13.3 Å². The summed E-state index contributed by atoms with van der Waals surface area (Å²) in [5.74, 6) is 0.390. The molecule has 1 amide bonds. The SMILES string of the molecule is CC1(NC(=O)COc2ccc(Br)cc2)CCS(=O)(=O)C1. The van der Waals surface area contributed by atoms with E-state index in [4.69, 9.17) is 4.74 Å². The van der Waals surface area contributed by atoms with Crippen LogP contribution in [-0.4, -0.2) is 38.0 Å². The smallest absolute Gasteiger partial charge is 0.258 e. The maximum Gasteiger partial charge on any atom is 0.258 e. The number of amides is 1. The lowest BCUT2D eigenvalue weighted by atomic mass is 10.0. The fourth-order valence-corrected chi connectivity index (χ4v) is 4.52. The molecule has 1 aliphatic heterocycles. The third kappa shape index (κ3) is 4.21. The zero-order chi connectivity index (χ0) is 14.8. The summed E-state index contributed by atoms with van der Waals surface area (Å²) in [6.45, 7) is 1.62. The van der Waals surface area contributed by atoms with E-state index in [9.17, 15) is 13.2 Å². The number of nitrogens with one attached hydrogen (secondary N) is 1. The van der Waals surface area contributed by atoms with Crippen molar-refractivity contribution in [2.45, 2.75) is 18.9 Å². The summed E-state index contributed by atoms with van der Waals surface area (Å²) in [5, 5.41) is 2.74. The van der Waals surface area contributed by atoms with Crippen molar-refractivity contribution < 1.29 is 17.9 Å². The Kier molecular flexibility index (Phi) is 4.39. The van der Waals surface area contributed by atoms with E-state index in [2.05, 4.69) is 21.2 Å². The first-order chi connectivity index (χ1) is 9.28. The minimum Gasteiger partial charge on any atom is -0.484 e. The maximum atomic E-state index is 11.8. The molecule has 20 heavy (non-hydrogen) atoms. The van der Waals surface area contributed by atoms with Gasteiger partial charge in [-0.3, -0.25) is 4.79 Å². The van der Waals surface area contributed by atoms with Crippen molar-refractivity contribution in [2.24, 2.45) is 0 Å². The Hall–Kier alpha value is -1.08. The van der Waals surface area contributed by atoms with Crippen LogP contribution in [0.5, 0.6) is 5.75 Å². The number of carbonyl (C=O) groups is 1. The highest BCUT2D eigenvalue weighted by Crippen LogP contribution is 2.22. The molecule has 0 aliphatic carbocycles. The Morgan fingerprint density at radius 2 is 2.05 bits per heavy atom. The van der Waals surface area contributed by atoms with Crippen molar-refractivity contribution in [2.75, 3.05) is 18.1 Å². The van der Waals surface area contributed by atoms with Crippen molar-refractivity contribution in [3.05, 3.63) is 28.7 Å². The molecule has 0 bridgehead atoms. The van der Waals surface area contributed by atoms with Crippen molar-refractivity contribution in [3.8, 4) is 5.75 Å². The second-order valence-corrected chi connectivity index (χ2v) is 8.29. The van der Waals surface area contributed by atoms with Gasteiger partial charge in [-0.25, -0.2) is 8.42 Å². The lowest BCUT2D eigenvalue weighted by Crippen LogP contribution is -2.48. The Labute approximate surface area is 126 Å². The first-order valence-corrected chi connectivity index (χ1v) is 8.79. The number of benzene rings is 1. The van der Waals surface area contributed by atoms with Crippen LogP contribution < -0.4 is 10.1 Å². The predicted molar refractivity (Wildman–Crippen MR) is 79.5 cm³/mol. The number of halogens is 1. The number of ether oxygens (including phenoxy) is 1. The van der Waals surface area contributed by atoms with Crippen LogP contribution in [0.25, 0.3) is 0 Å². The predicted octanol–water partition coefficient (Wildman–Crippen LogP) is 1.52. The number of sulfone groups is 1. The van der Waals surface area contributed by atoms with Gasteiger partial charge in [-0.2, -0.15) is 0 Å². The second kappa shape index (κ2) is 5.73. The van der Waals surface area contributed by atoms with Gasteiger partial charge in [0.25, 0.3) is 5.91 Å². The number of carbonyl (C=O) groups excluding carboxylic acids is 1. The van der Waals surface area contributed by atoms with Gasteiger partial charge in [-0.05, 0) is 37.6 Å². The largest absolute Gasteiger partial charge is 0.484 e. The molecule has 0 aromatic heterocycles. The number of rotatable bonds is 4. The summed E-state index contributed by atoms with van der Waals surface area (Å²) in [5.41, 5.74) is -0.682. The lowest BCUT2D eigenvalue weighted by Gasteiger charge is -2.23. The summed E-state index contributed by atoms with van der Waals surface area (Å²) < 4.78 is 29.2. The summed E-state index contributed by atoms with van der Waals surface area (Å²) >= 11 is 3.31. The molecule has 1 fully saturated rings. The van der Waals surface area contributed by atoms with Crippen LogP contribution in [0, 0.1) is 0 Å². The van der Waals surface area contributed by atoms with E-state index < -0.39 is 15.4 Å². The van der Waals surface area contributed by atoms with Crippen LogP contribution in [0.2, 0.25) is 0 Å². The Morgan fingerprint density at radius 3 is 2.60 bits per heavy atom. The zero-order valence-electron chi connectivity index (χ0n) is 11.1.